The van der Waals surface area contributed by atoms with Gasteiger partial charge in [0.05, 0.1) is 25.9 Å². The van der Waals surface area contributed by atoms with Gasteiger partial charge in [-0.2, -0.15) is 0 Å². The van der Waals surface area contributed by atoms with Gasteiger partial charge in [-0.1, -0.05) is 23.8 Å². The van der Waals surface area contributed by atoms with Crippen molar-refractivity contribution in [2.24, 2.45) is 0 Å². The van der Waals surface area contributed by atoms with E-state index in [9.17, 15) is 4.79 Å². The third kappa shape index (κ3) is 5.03. The van der Waals surface area contributed by atoms with E-state index >= 15 is 0 Å². The molecule has 5 heteroatoms. The minimum atomic E-state index is 0.0258. The fourth-order valence-electron chi connectivity index (χ4n) is 2.85. The van der Waals surface area contributed by atoms with Crippen LogP contribution in [0.15, 0.2) is 18.2 Å². The number of carbonyl (C=O) groups excluding carboxylic acids is 1. The highest BCUT2D eigenvalue weighted by Crippen LogP contribution is 2.27. The number of amides is 1. The monoisotopic (exact) mass is 320 g/mol. The number of hydrogen-bond donors (Lipinski definition) is 1. The lowest BCUT2D eigenvalue weighted by Gasteiger charge is -2.38. The van der Waals surface area contributed by atoms with Crippen molar-refractivity contribution in [1.29, 1.82) is 0 Å². The number of ether oxygens (including phenoxy) is 2. The van der Waals surface area contributed by atoms with Crippen LogP contribution in [0.2, 0.25) is 0 Å². The summed E-state index contributed by atoms with van der Waals surface area (Å²) in [6, 6.07) is 6.68. The van der Waals surface area contributed by atoms with Gasteiger partial charge in [0.1, 0.15) is 0 Å². The zero-order valence-corrected chi connectivity index (χ0v) is 14.6. The number of nitrogens with zero attached hydrogens (tertiary/aromatic N) is 1. The molecule has 2 atom stereocenters. The van der Waals surface area contributed by atoms with E-state index in [1.165, 1.54) is 16.7 Å². The van der Waals surface area contributed by atoms with Crippen molar-refractivity contribution in [2.75, 3.05) is 40.0 Å². The average Bonchev–Trinajstić information content (AvgIpc) is 2.52. The van der Waals surface area contributed by atoms with Crippen molar-refractivity contribution in [3.8, 4) is 0 Å². The van der Waals surface area contributed by atoms with Crippen molar-refractivity contribution >= 4 is 5.91 Å². The Kier molecular flexibility index (Phi) is 6.57. The molecule has 0 radical (unpaired) electrons. The molecule has 1 fully saturated rings. The second kappa shape index (κ2) is 8.43. The van der Waals surface area contributed by atoms with Gasteiger partial charge in [-0.25, -0.2) is 0 Å². The van der Waals surface area contributed by atoms with Gasteiger partial charge >= 0.3 is 0 Å². The van der Waals surface area contributed by atoms with E-state index < -0.39 is 0 Å². The normalized spacial score (nSPS) is 22.1. The van der Waals surface area contributed by atoms with Crippen LogP contribution in [0, 0.1) is 13.8 Å². The Labute approximate surface area is 139 Å². The fourth-order valence-corrected chi connectivity index (χ4v) is 2.85. The molecule has 128 valence electrons. The maximum Gasteiger partial charge on any atom is 0.234 e. The predicted molar refractivity (Wildman–Crippen MR) is 90.5 cm³/mol. The van der Waals surface area contributed by atoms with E-state index in [0.717, 1.165) is 6.54 Å². The van der Waals surface area contributed by atoms with E-state index in [1.807, 2.05) is 0 Å². The first-order valence-electron chi connectivity index (χ1n) is 8.19. The number of hydrogen-bond acceptors (Lipinski definition) is 4. The van der Waals surface area contributed by atoms with Gasteiger partial charge in [-0.15, -0.1) is 0 Å². The Bertz CT molecular complexity index is 533. The first-order valence-corrected chi connectivity index (χ1v) is 8.19. The zero-order valence-electron chi connectivity index (χ0n) is 14.6. The predicted octanol–water partition coefficient (Wildman–Crippen LogP) is 1.83. The lowest BCUT2D eigenvalue weighted by atomic mass is 9.99. The minimum absolute atomic E-state index is 0.0258. The Balaban J connectivity index is 1.98. The summed E-state index contributed by atoms with van der Waals surface area (Å²) in [5, 5.41) is 2.88. The van der Waals surface area contributed by atoms with Gasteiger partial charge < -0.3 is 14.8 Å². The standard InChI is InChI=1S/C18H28N2O3/c1-13-5-6-14(2)16(9-13)17-10-20(15(3)12-23-17)11-18(21)19-7-8-22-4/h5-6,9,15,17H,7-8,10-12H2,1-4H3,(H,19,21)/t15-,17-/m0/s1. The molecule has 1 saturated heterocycles. The maximum absolute atomic E-state index is 12.0. The second-order valence-electron chi connectivity index (χ2n) is 6.30. The molecule has 0 bridgehead atoms. The molecule has 1 heterocycles. The van der Waals surface area contributed by atoms with E-state index in [4.69, 9.17) is 9.47 Å². The molecule has 0 unspecified atom stereocenters. The lowest BCUT2D eigenvalue weighted by molar-refractivity contribution is -0.126. The number of benzene rings is 1. The van der Waals surface area contributed by atoms with Gasteiger partial charge in [0.2, 0.25) is 5.91 Å². The van der Waals surface area contributed by atoms with Crippen molar-refractivity contribution < 1.29 is 14.3 Å². The number of nitrogens with one attached hydrogen (secondary N) is 1. The van der Waals surface area contributed by atoms with Gasteiger partial charge in [0.15, 0.2) is 0 Å². The van der Waals surface area contributed by atoms with Crippen molar-refractivity contribution in [2.45, 2.75) is 32.9 Å². The number of morpholine rings is 1. The molecular weight excluding hydrogens is 292 g/mol. The first kappa shape index (κ1) is 17.9. The molecule has 0 aromatic heterocycles. The summed E-state index contributed by atoms with van der Waals surface area (Å²) in [5.41, 5.74) is 3.69. The molecule has 1 aromatic rings. The molecule has 23 heavy (non-hydrogen) atoms. The lowest BCUT2D eigenvalue weighted by Crippen LogP contribution is -2.49. The third-order valence-corrected chi connectivity index (χ3v) is 4.32. The van der Waals surface area contributed by atoms with Crippen LogP contribution < -0.4 is 5.32 Å². The molecule has 1 amide bonds. The number of methoxy groups -OCH3 is 1. The quantitative estimate of drug-likeness (QED) is 0.813. The zero-order chi connectivity index (χ0) is 16.8. The molecule has 1 aliphatic heterocycles. The van der Waals surface area contributed by atoms with E-state index in [2.05, 4.69) is 49.2 Å². The number of rotatable bonds is 6. The molecule has 1 aromatic carbocycles. The van der Waals surface area contributed by atoms with Crippen molar-refractivity contribution in [1.82, 2.24) is 10.2 Å². The highest BCUT2D eigenvalue weighted by Gasteiger charge is 2.29. The Morgan fingerprint density at radius 2 is 2.22 bits per heavy atom. The minimum Gasteiger partial charge on any atom is -0.383 e. The summed E-state index contributed by atoms with van der Waals surface area (Å²) in [7, 11) is 1.63. The van der Waals surface area contributed by atoms with E-state index in [0.29, 0.717) is 26.3 Å². The van der Waals surface area contributed by atoms with Crippen LogP contribution in [0.25, 0.3) is 0 Å². The Hall–Kier alpha value is -1.43. The first-order chi connectivity index (χ1) is 11.0. The van der Waals surface area contributed by atoms with E-state index in [1.54, 1.807) is 7.11 Å². The van der Waals surface area contributed by atoms with Crippen LogP contribution in [0.1, 0.15) is 29.7 Å². The Morgan fingerprint density at radius 1 is 1.43 bits per heavy atom. The topological polar surface area (TPSA) is 50.8 Å². The van der Waals surface area contributed by atoms with Gasteiger partial charge in [0, 0.05) is 26.2 Å². The van der Waals surface area contributed by atoms with Crippen molar-refractivity contribution in [3.05, 3.63) is 34.9 Å². The van der Waals surface area contributed by atoms with Crippen LogP contribution in [-0.2, 0) is 14.3 Å². The molecule has 0 saturated carbocycles. The number of aryl methyl sites for hydroxylation is 2. The number of carbonyl (C=O) groups is 1. The van der Waals surface area contributed by atoms with Gasteiger partial charge in [0.25, 0.3) is 0 Å². The molecule has 2 rings (SSSR count). The van der Waals surface area contributed by atoms with Crippen LogP contribution in [0.4, 0.5) is 0 Å². The molecule has 5 nitrogen and oxygen atoms in total. The SMILES string of the molecule is COCCNC(=O)CN1C[C@@H](c2cc(C)ccc2C)OC[C@@H]1C. The second-order valence-corrected chi connectivity index (χ2v) is 6.30. The largest absolute Gasteiger partial charge is 0.383 e. The van der Waals surface area contributed by atoms with E-state index in [-0.39, 0.29) is 18.1 Å². The Morgan fingerprint density at radius 3 is 2.96 bits per heavy atom. The molecule has 1 aliphatic rings. The van der Waals surface area contributed by atoms with Crippen LogP contribution in [-0.4, -0.2) is 56.8 Å². The summed E-state index contributed by atoms with van der Waals surface area (Å²) in [6.45, 7) is 9.17. The van der Waals surface area contributed by atoms with Crippen LogP contribution >= 0.6 is 0 Å². The summed E-state index contributed by atoms with van der Waals surface area (Å²) >= 11 is 0. The highest BCUT2D eigenvalue weighted by molar-refractivity contribution is 5.78. The van der Waals surface area contributed by atoms with Gasteiger partial charge in [-0.05, 0) is 31.9 Å². The van der Waals surface area contributed by atoms with Crippen LogP contribution in [0.5, 0.6) is 0 Å². The highest BCUT2D eigenvalue weighted by atomic mass is 16.5. The summed E-state index contributed by atoms with van der Waals surface area (Å²) in [6.07, 6.45) is 0.0258. The molecular formula is C18H28N2O3. The third-order valence-electron chi connectivity index (χ3n) is 4.32. The smallest absolute Gasteiger partial charge is 0.234 e. The average molecular weight is 320 g/mol. The molecule has 0 aliphatic carbocycles. The summed E-state index contributed by atoms with van der Waals surface area (Å²) in [4.78, 5) is 14.2. The maximum atomic E-state index is 12.0. The van der Waals surface area contributed by atoms with Crippen molar-refractivity contribution in [3.63, 3.8) is 0 Å². The molecule has 0 spiro atoms. The van der Waals surface area contributed by atoms with Crippen LogP contribution in [0.3, 0.4) is 0 Å². The summed E-state index contributed by atoms with van der Waals surface area (Å²) < 4.78 is 11.0. The summed E-state index contributed by atoms with van der Waals surface area (Å²) in [5.74, 6) is 0.0375. The molecule has 1 N–H and O–H groups in total. The fraction of sp³-hybridized carbons (Fsp3) is 0.611. The van der Waals surface area contributed by atoms with Gasteiger partial charge in [-0.3, -0.25) is 9.69 Å².